The highest BCUT2D eigenvalue weighted by Crippen LogP contribution is 2.31. The van der Waals surface area contributed by atoms with E-state index in [0.717, 1.165) is 0 Å². The molecule has 10 heteroatoms. The Kier molecular flexibility index (Phi) is 6.16. The SMILES string of the molecule is COc1ccccc1C(=O)NCc1ccc(NC(=O)C2CNCC2(F)F)c(N)c1F. The summed E-state index contributed by atoms with van der Waals surface area (Å²) in [5.74, 6) is -6.68. The second kappa shape index (κ2) is 8.62. The number of nitrogen functional groups attached to an aromatic ring is 1. The number of benzene rings is 2. The molecule has 0 bridgehead atoms. The maximum atomic E-state index is 14.6. The van der Waals surface area contributed by atoms with Crippen LogP contribution in [0.2, 0.25) is 0 Å². The van der Waals surface area contributed by atoms with E-state index >= 15 is 0 Å². The molecule has 2 aromatic rings. The number of alkyl halides is 2. The monoisotopic (exact) mass is 422 g/mol. The van der Waals surface area contributed by atoms with Crippen LogP contribution in [0.4, 0.5) is 24.5 Å². The molecule has 1 unspecified atom stereocenters. The minimum atomic E-state index is -3.19. The predicted octanol–water partition coefficient (Wildman–Crippen LogP) is 2.14. The molecule has 2 aromatic carbocycles. The van der Waals surface area contributed by atoms with Gasteiger partial charge >= 0.3 is 0 Å². The van der Waals surface area contributed by atoms with Gasteiger partial charge in [0.25, 0.3) is 11.8 Å². The summed E-state index contributed by atoms with van der Waals surface area (Å²) < 4.78 is 47.1. The minimum absolute atomic E-state index is 0.0709. The average Bonchev–Trinajstić information content (AvgIpc) is 3.09. The number of methoxy groups -OCH3 is 1. The van der Waals surface area contributed by atoms with Gasteiger partial charge in [0.1, 0.15) is 11.7 Å². The van der Waals surface area contributed by atoms with E-state index < -0.39 is 41.7 Å². The van der Waals surface area contributed by atoms with E-state index in [1.54, 1.807) is 24.3 Å². The summed E-state index contributed by atoms with van der Waals surface area (Å²) in [4.78, 5) is 24.5. The molecule has 0 aromatic heterocycles. The number of nitrogens with two attached hydrogens (primary N) is 1. The first-order valence-electron chi connectivity index (χ1n) is 9.12. The van der Waals surface area contributed by atoms with Crippen molar-refractivity contribution < 1.29 is 27.5 Å². The van der Waals surface area contributed by atoms with Gasteiger partial charge in [-0.05, 0) is 18.2 Å². The Hall–Kier alpha value is -3.27. The van der Waals surface area contributed by atoms with Gasteiger partial charge in [-0.15, -0.1) is 0 Å². The van der Waals surface area contributed by atoms with Crippen LogP contribution in [0.5, 0.6) is 5.75 Å². The molecule has 0 radical (unpaired) electrons. The van der Waals surface area contributed by atoms with Crippen molar-refractivity contribution in [1.82, 2.24) is 10.6 Å². The van der Waals surface area contributed by atoms with Gasteiger partial charge in [-0.25, -0.2) is 13.2 Å². The molecule has 160 valence electrons. The van der Waals surface area contributed by atoms with Crippen molar-refractivity contribution in [3.8, 4) is 5.75 Å². The van der Waals surface area contributed by atoms with Crippen molar-refractivity contribution in [3.63, 3.8) is 0 Å². The zero-order valence-corrected chi connectivity index (χ0v) is 16.1. The number of hydrogen-bond acceptors (Lipinski definition) is 5. The molecule has 1 aliphatic heterocycles. The van der Waals surface area contributed by atoms with Gasteiger partial charge < -0.3 is 26.4 Å². The molecule has 1 atom stereocenters. The largest absolute Gasteiger partial charge is 0.496 e. The second-order valence-corrected chi connectivity index (χ2v) is 6.82. The van der Waals surface area contributed by atoms with Crippen molar-refractivity contribution in [3.05, 3.63) is 53.3 Å². The first kappa shape index (κ1) is 21.4. The first-order valence-corrected chi connectivity index (χ1v) is 9.12. The fraction of sp³-hybridized carbons (Fsp3) is 0.300. The van der Waals surface area contributed by atoms with E-state index in [9.17, 15) is 22.8 Å². The van der Waals surface area contributed by atoms with Gasteiger partial charge in [-0.1, -0.05) is 18.2 Å². The van der Waals surface area contributed by atoms with E-state index in [2.05, 4.69) is 16.0 Å². The van der Waals surface area contributed by atoms with E-state index in [0.29, 0.717) is 5.75 Å². The molecule has 1 aliphatic rings. The van der Waals surface area contributed by atoms with Gasteiger partial charge in [0.05, 0.1) is 30.6 Å². The highest BCUT2D eigenvalue weighted by molar-refractivity contribution is 5.97. The first-order chi connectivity index (χ1) is 14.2. The number of hydrogen-bond donors (Lipinski definition) is 4. The Balaban J connectivity index is 1.69. The van der Waals surface area contributed by atoms with E-state index in [1.807, 2.05) is 0 Å². The van der Waals surface area contributed by atoms with Crippen LogP contribution < -0.4 is 26.4 Å². The number of rotatable bonds is 6. The molecule has 2 amide bonds. The fourth-order valence-electron chi connectivity index (χ4n) is 3.15. The summed E-state index contributed by atoms with van der Waals surface area (Å²) in [5.41, 5.74) is 5.58. The third kappa shape index (κ3) is 4.33. The fourth-order valence-corrected chi connectivity index (χ4v) is 3.15. The van der Waals surface area contributed by atoms with Crippen molar-refractivity contribution in [1.29, 1.82) is 0 Å². The third-order valence-electron chi connectivity index (χ3n) is 4.84. The summed E-state index contributed by atoms with van der Waals surface area (Å²) in [5, 5.41) is 7.27. The number of carbonyl (C=O) groups is 2. The number of carbonyl (C=O) groups excluding carboxylic acids is 2. The number of ether oxygens (including phenoxy) is 1. The van der Waals surface area contributed by atoms with Crippen LogP contribution in [-0.2, 0) is 11.3 Å². The lowest BCUT2D eigenvalue weighted by Gasteiger charge is -2.18. The summed E-state index contributed by atoms with van der Waals surface area (Å²) >= 11 is 0. The Bertz CT molecular complexity index is 968. The van der Waals surface area contributed by atoms with E-state index in [-0.39, 0.29) is 29.9 Å². The van der Waals surface area contributed by atoms with Crippen LogP contribution in [0.15, 0.2) is 36.4 Å². The molecule has 30 heavy (non-hydrogen) atoms. The summed E-state index contributed by atoms with van der Waals surface area (Å²) in [7, 11) is 1.43. The molecule has 7 nitrogen and oxygen atoms in total. The van der Waals surface area contributed by atoms with Crippen LogP contribution >= 0.6 is 0 Å². The lowest BCUT2D eigenvalue weighted by molar-refractivity contribution is -0.128. The van der Waals surface area contributed by atoms with Crippen molar-refractivity contribution in [2.75, 3.05) is 31.2 Å². The number of halogens is 3. The molecule has 0 saturated carbocycles. The van der Waals surface area contributed by atoms with Gasteiger partial charge in [0.2, 0.25) is 5.91 Å². The predicted molar refractivity (Wildman–Crippen MR) is 105 cm³/mol. The highest BCUT2D eigenvalue weighted by Gasteiger charge is 2.48. The molecule has 1 heterocycles. The molecule has 1 fully saturated rings. The lowest BCUT2D eigenvalue weighted by Crippen LogP contribution is -2.36. The topological polar surface area (TPSA) is 105 Å². The molecule has 5 N–H and O–H groups in total. The molecular weight excluding hydrogens is 401 g/mol. The molecule has 0 aliphatic carbocycles. The van der Waals surface area contributed by atoms with E-state index in [1.165, 1.54) is 19.2 Å². The van der Waals surface area contributed by atoms with Crippen molar-refractivity contribution in [2.45, 2.75) is 12.5 Å². The van der Waals surface area contributed by atoms with Crippen LogP contribution in [0.3, 0.4) is 0 Å². The number of nitrogens with one attached hydrogen (secondary N) is 3. The van der Waals surface area contributed by atoms with Crippen LogP contribution in [0.1, 0.15) is 15.9 Å². The van der Waals surface area contributed by atoms with Gasteiger partial charge in [-0.3, -0.25) is 9.59 Å². The van der Waals surface area contributed by atoms with Crippen LogP contribution in [0, 0.1) is 11.7 Å². The Morgan fingerprint density at radius 2 is 2.00 bits per heavy atom. The third-order valence-corrected chi connectivity index (χ3v) is 4.84. The van der Waals surface area contributed by atoms with Gasteiger partial charge in [0.15, 0.2) is 5.82 Å². The quantitative estimate of drug-likeness (QED) is 0.534. The number of anilines is 2. The standard InChI is InChI=1S/C20H21F3N4O3/c1-30-15-5-3-2-4-12(15)18(28)26-8-11-6-7-14(17(24)16(11)21)27-19(29)13-9-25-10-20(13,22)23/h2-7,13,25H,8-10,24H2,1H3,(H,26,28)(H,27,29). The normalized spacial score (nSPS) is 17.4. The zero-order chi connectivity index (χ0) is 21.9. The average molecular weight is 422 g/mol. The number of para-hydroxylation sites is 1. The Morgan fingerprint density at radius 1 is 1.27 bits per heavy atom. The Labute approximate surface area is 170 Å². The van der Waals surface area contributed by atoms with Gasteiger partial charge in [0, 0.05) is 18.7 Å². The summed E-state index contributed by atoms with van der Waals surface area (Å²) in [6.45, 7) is -0.959. The van der Waals surface area contributed by atoms with Crippen molar-refractivity contribution >= 4 is 23.2 Å². The maximum absolute atomic E-state index is 14.6. The molecule has 1 saturated heterocycles. The summed E-state index contributed by atoms with van der Waals surface area (Å²) in [6, 6.07) is 9.17. The second-order valence-electron chi connectivity index (χ2n) is 6.82. The van der Waals surface area contributed by atoms with Crippen LogP contribution in [0.25, 0.3) is 0 Å². The summed E-state index contributed by atoms with van der Waals surface area (Å²) in [6.07, 6.45) is 0. The minimum Gasteiger partial charge on any atom is -0.496 e. The molecule has 3 rings (SSSR count). The molecule has 0 spiro atoms. The smallest absolute Gasteiger partial charge is 0.273 e. The van der Waals surface area contributed by atoms with E-state index in [4.69, 9.17) is 10.5 Å². The molecular formula is C20H21F3N4O3. The lowest BCUT2D eigenvalue weighted by atomic mass is 10.0. The highest BCUT2D eigenvalue weighted by atomic mass is 19.3. The van der Waals surface area contributed by atoms with Crippen LogP contribution in [-0.4, -0.2) is 37.9 Å². The zero-order valence-electron chi connectivity index (χ0n) is 16.1. The van der Waals surface area contributed by atoms with Crippen molar-refractivity contribution in [2.24, 2.45) is 5.92 Å². The van der Waals surface area contributed by atoms with Gasteiger partial charge in [-0.2, -0.15) is 0 Å². The number of amides is 2. The maximum Gasteiger partial charge on any atom is 0.273 e. The Morgan fingerprint density at radius 3 is 2.67 bits per heavy atom.